The number of ketones is 1. The molecule has 1 aliphatic carbocycles. The van der Waals surface area contributed by atoms with Crippen LogP contribution in [-0.2, 0) is 6.54 Å². The summed E-state index contributed by atoms with van der Waals surface area (Å²) in [4.78, 5) is 18.0. The molecule has 0 amide bonds. The van der Waals surface area contributed by atoms with Gasteiger partial charge in [0, 0.05) is 45.8 Å². The zero-order valence-corrected chi connectivity index (χ0v) is 14.4. The molecule has 0 radical (unpaired) electrons. The summed E-state index contributed by atoms with van der Waals surface area (Å²) in [7, 11) is 0. The van der Waals surface area contributed by atoms with Crippen molar-refractivity contribution in [2.75, 3.05) is 6.54 Å². The number of Topliss-reactive ketones (excluding diaryl/α,β-unsaturated/α-hetero) is 1. The van der Waals surface area contributed by atoms with Crippen molar-refractivity contribution < 1.29 is 9.18 Å². The van der Waals surface area contributed by atoms with Crippen LogP contribution in [0.5, 0.6) is 0 Å². The number of nitrogens with one attached hydrogen (secondary N) is 1. The lowest BCUT2D eigenvalue weighted by molar-refractivity contribution is 0.0920. The summed E-state index contributed by atoms with van der Waals surface area (Å²) in [6.45, 7) is 0.613. The number of halogens is 2. The van der Waals surface area contributed by atoms with Crippen molar-refractivity contribution >= 4 is 28.3 Å². The van der Waals surface area contributed by atoms with E-state index in [2.05, 4.69) is 4.98 Å². The molecule has 5 heteroatoms. The van der Waals surface area contributed by atoms with Gasteiger partial charge in [0.15, 0.2) is 5.78 Å². The van der Waals surface area contributed by atoms with Crippen molar-refractivity contribution in [2.45, 2.75) is 25.4 Å². The molecule has 1 aliphatic rings. The van der Waals surface area contributed by atoms with E-state index >= 15 is 0 Å². The third kappa shape index (κ3) is 3.32. The lowest BCUT2D eigenvalue weighted by atomic mass is 10.1. The summed E-state index contributed by atoms with van der Waals surface area (Å²) >= 11 is 6.16. The second-order valence-corrected chi connectivity index (χ2v) is 6.91. The third-order valence-corrected chi connectivity index (χ3v) is 5.08. The highest BCUT2D eigenvalue weighted by Crippen LogP contribution is 2.31. The van der Waals surface area contributed by atoms with Gasteiger partial charge in [-0.1, -0.05) is 35.9 Å². The molecule has 1 heterocycles. The van der Waals surface area contributed by atoms with Crippen LogP contribution >= 0.6 is 11.6 Å². The maximum absolute atomic E-state index is 14.1. The van der Waals surface area contributed by atoms with E-state index in [0.717, 1.165) is 23.7 Å². The molecule has 0 spiro atoms. The van der Waals surface area contributed by atoms with E-state index in [-0.39, 0.29) is 18.1 Å². The molecule has 0 unspecified atom stereocenters. The average Bonchev–Trinajstić information content (AvgIpc) is 3.36. The molecular weight excluding hydrogens is 339 g/mol. The first-order chi connectivity index (χ1) is 12.1. The van der Waals surface area contributed by atoms with E-state index in [1.165, 1.54) is 6.07 Å². The van der Waals surface area contributed by atoms with Gasteiger partial charge in [-0.15, -0.1) is 0 Å². The number of para-hydroxylation sites is 1. The molecule has 4 rings (SSSR count). The third-order valence-electron chi connectivity index (χ3n) is 4.72. The molecule has 1 fully saturated rings. The summed E-state index contributed by atoms with van der Waals surface area (Å²) in [5.74, 6) is -0.283. The number of nitrogens with zero attached hydrogens (tertiary/aromatic N) is 1. The van der Waals surface area contributed by atoms with Crippen LogP contribution in [0.4, 0.5) is 4.39 Å². The standard InChI is InChI=1S/C20H18ClFN2O/c21-17-5-3-6-18(22)16(17)11-24(13-8-9-13)12-20(25)15-10-23-19-7-2-1-4-14(15)19/h1-7,10,13,23H,8-9,11-12H2. The molecule has 0 aliphatic heterocycles. The Morgan fingerprint density at radius 2 is 2.00 bits per heavy atom. The molecule has 0 atom stereocenters. The second-order valence-electron chi connectivity index (χ2n) is 6.51. The second kappa shape index (κ2) is 6.62. The van der Waals surface area contributed by atoms with Crippen LogP contribution in [-0.4, -0.2) is 28.3 Å². The van der Waals surface area contributed by atoms with Crippen molar-refractivity contribution in [3.8, 4) is 0 Å². The number of carbonyl (C=O) groups excluding carboxylic acids is 1. The van der Waals surface area contributed by atoms with Crippen molar-refractivity contribution in [3.05, 3.63) is 70.6 Å². The minimum absolute atomic E-state index is 0.0387. The maximum Gasteiger partial charge on any atom is 0.178 e. The Labute approximate surface area is 150 Å². The minimum atomic E-state index is -0.322. The Kier molecular flexibility index (Phi) is 4.32. The van der Waals surface area contributed by atoms with Crippen LogP contribution < -0.4 is 0 Å². The largest absolute Gasteiger partial charge is 0.360 e. The van der Waals surface area contributed by atoms with Crippen molar-refractivity contribution in [2.24, 2.45) is 0 Å². The van der Waals surface area contributed by atoms with Gasteiger partial charge in [0.2, 0.25) is 0 Å². The van der Waals surface area contributed by atoms with Crippen molar-refractivity contribution in [1.82, 2.24) is 9.88 Å². The van der Waals surface area contributed by atoms with Crippen LogP contribution in [0, 0.1) is 5.82 Å². The number of benzene rings is 2. The zero-order valence-electron chi connectivity index (χ0n) is 13.6. The highest BCUT2D eigenvalue weighted by atomic mass is 35.5. The SMILES string of the molecule is O=C(CN(Cc1c(F)cccc1Cl)C1CC1)c1c[nH]c2ccccc12. The van der Waals surface area contributed by atoms with Gasteiger partial charge in [0.05, 0.1) is 6.54 Å². The van der Waals surface area contributed by atoms with Crippen molar-refractivity contribution in [3.63, 3.8) is 0 Å². The Morgan fingerprint density at radius 3 is 2.76 bits per heavy atom. The molecule has 2 aromatic carbocycles. The number of hydrogen-bond acceptors (Lipinski definition) is 2. The fourth-order valence-corrected chi connectivity index (χ4v) is 3.43. The first-order valence-electron chi connectivity index (χ1n) is 8.40. The summed E-state index contributed by atoms with van der Waals surface area (Å²) in [5, 5.41) is 1.33. The van der Waals surface area contributed by atoms with Gasteiger partial charge in [-0.05, 0) is 31.0 Å². The number of aromatic nitrogens is 1. The number of fused-ring (bicyclic) bond motifs is 1. The Hall–Kier alpha value is -2.17. The first-order valence-corrected chi connectivity index (χ1v) is 8.77. The van der Waals surface area contributed by atoms with Crippen LogP contribution in [0.15, 0.2) is 48.7 Å². The molecule has 1 aromatic heterocycles. The van der Waals surface area contributed by atoms with E-state index < -0.39 is 0 Å². The summed E-state index contributed by atoms with van der Waals surface area (Å²) in [6, 6.07) is 12.8. The summed E-state index contributed by atoms with van der Waals surface area (Å²) in [5.41, 5.74) is 2.09. The van der Waals surface area contributed by atoms with E-state index in [1.54, 1.807) is 18.3 Å². The number of hydrogen-bond donors (Lipinski definition) is 1. The molecule has 128 valence electrons. The first kappa shape index (κ1) is 16.3. The molecule has 0 saturated heterocycles. The van der Waals surface area contributed by atoms with E-state index in [0.29, 0.717) is 28.7 Å². The number of rotatable bonds is 6. The molecule has 0 bridgehead atoms. The Morgan fingerprint density at radius 1 is 1.20 bits per heavy atom. The monoisotopic (exact) mass is 356 g/mol. The summed E-state index contributed by atoms with van der Waals surface area (Å²) < 4.78 is 14.1. The van der Waals surface area contributed by atoms with Gasteiger partial charge < -0.3 is 4.98 Å². The average molecular weight is 357 g/mol. The number of carbonyl (C=O) groups is 1. The number of H-pyrrole nitrogens is 1. The smallest absolute Gasteiger partial charge is 0.178 e. The quantitative estimate of drug-likeness (QED) is 0.643. The fourth-order valence-electron chi connectivity index (χ4n) is 3.21. The van der Waals surface area contributed by atoms with E-state index in [4.69, 9.17) is 11.6 Å². The molecular formula is C20H18ClFN2O. The van der Waals surface area contributed by atoms with Gasteiger partial charge in [-0.3, -0.25) is 9.69 Å². The Balaban J connectivity index is 1.57. The summed E-state index contributed by atoms with van der Waals surface area (Å²) in [6.07, 6.45) is 3.83. The van der Waals surface area contributed by atoms with Gasteiger partial charge in [0.1, 0.15) is 5.82 Å². The molecule has 3 nitrogen and oxygen atoms in total. The van der Waals surface area contributed by atoms with E-state index in [9.17, 15) is 9.18 Å². The van der Waals surface area contributed by atoms with E-state index in [1.807, 2.05) is 29.2 Å². The molecule has 1 N–H and O–H groups in total. The van der Waals surface area contributed by atoms with Gasteiger partial charge in [-0.2, -0.15) is 0 Å². The fraction of sp³-hybridized carbons (Fsp3) is 0.250. The lowest BCUT2D eigenvalue weighted by Gasteiger charge is -2.22. The van der Waals surface area contributed by atoms with Gasteiger partial charge in [0.25, 0.3) is 0 Å². The Bertz CT molecular complexity index is 912. The zero-order chi connectivity index (χ0) is 17.4. The van der Waals surface area contributed by atoms with Crippen LogP contribution in [0.25, 0.3) is 10.9 Å². The highest BCUT2D eigenvalue weighted by Gasteiger charge is 2.31. The molecule has 3 aromatic rings. The van der Waals surface area contributed by atoms with Gasteiger partial charge in [-0.25, -0.2) is 4.39 Å². The van der Waals surface area contributed by atoms with Gasteiger partial charge >= 0.3 is 0 Å². The number of aromatic amines is 1. The normalized spacial score (nSPS) is 14.4. The molecule has 1 saturated carbocycles. The minimum Gasteiger partial charge on any atom is -0.360 e. The van der Waals surface area contributed by atoms with Crippen LogP contribution in [0.3, 0.4) is 0 Å². The maximum atomic E-state index is 14.1. The molecule has 25 heavy (non-hydrogen) atoms. The van der Waals surface area contributed by atoms with Crippen LogP contribution in [0.2, 0.25) is 5.02 Å². The topological polar surface area (TPSA) is 36.1 Å². The predicted octanol–water partition coefficient (Wildman–Crippen LogP) is 4.81. The predicted molar refractivity (Wildman–Crippen MR) is 97.5 cm³/mol. The lowest BCUT2D eigenvalue weighted by Crippen LogP contribution is -2.32. The van der Waals surface area contributed by atoms with Crippen LogP contribution in [0.1, 0.15) is 28.8 Å². The highest BCUT2D eigenvalue weighted by molar-refractivity contribution is 6.31. The van der Waals surface area contributed by atoms with Crippen molar-refractivity contribution in [1.29, 1.82) is 0 Å².